The van der Waals surface area contributed by atoms with E-state index in [0.717, 1.165) is 0 Å². The summed E-state index contributed by atoms with van der Waals surface area (Å²) in [6.07, 6.45) is 4.44. The molecule has 2 aromatic heterocycles. The first kappa shape index (κ1) is 25.7. The summed E-state index contributed by atoms with van der Waals surface area (Å²) in [6, 6.07) is 11.5. The zero-order valence-electron chi connectivity index (χ0n) is 21.1. The minimum absolute atomic E-state index is 0.0210. The molecule has 0 bridgehead atoms. The number of aromatic nitrogens is 3. The van der Waals surface area contributed by atoms with Crippen molar-refractivity contribution in [1.82, 2.24) is 19.9 Å². The molecular formula is C28H24FN5O5. The lowest BCUT2D eigenvalue weighted by atomic mass is 10.0. The maximum atomic E-state index is 13.6. The topological polar surface area (TPSA) is 124 Å². The smallest absolute Gasteiger partial charge is 0.294 e. The minimum Gasteiger partial charge on any atom is -0.454 e. The number of halogens is 1. The van der Waals surface area contributed by atoms with Gasteiger partial charge in [0, 0.05) is 29.1 Å². The highest BCUT2D eigenvalue weighted by Crippen LogP contribution is 2.35. The van der Waals surface area contributed by atoms with E-state index in [-0.39, 0.29) is 30.5 Å². The molecule has 0 saturated carbocycles. The van der Waals surface area contributed by atoms with Crippen molar-refractivity contribution in [2.24, 2.45) is 0 Å². The molecule has 0 unspecified atom stereocenters. The van der Waals surface area contributed by atoms with Crippen molar-refractivity contribution in [1.29, 1.82) is 0 Å². The van der Waals surface area contributed by atoms with Crippen LogP contribution in [-0.2, 0) is 11.3 Å². The molecule has 0 saturated heterocycles. The number of ether oxygens (including phenoxy) is 2. The number of anilines is 1. The maximum Gasteiger partial charge on any atom is 0.294 e. The number of amides is 1. The van der Waals surface area contributed by atoms with Crippen LogP contribution in [0.1, 0.15) is 28.4 Å². The Bertz CT molecular complexity index is 1620. The summed E-state index contributed by atoms with van der Waals surface area (Å²) in [5.74, 6) is -0.229. The molecule has 1 aliphatic heterocycles. The molecule has 1 aliphatic rings. The van der Waals surface area contributed by atoms with Gasteiger partial charge in [0.15, 0.2) is 23.1 Å². The fourth-order valence-electron chi connectivity index (χ4n) is 4.02. The molecule has 0 radical (unpaired) electrons. The molecule has 198 valence electrons. The minimum atomic E-state index is -0.549. The molecule has 5 rings (SSSR count). The van der Waals surface area contributed by atoms with Crippen LogP contribution in [0.25, 0.3) is 11.3 Å². The molecule has 39 heavy (non-hydrogen) atoms. The number of ketones is 1. The van der Waals surface area contributed by atoms with Gasteiger partial charge in [-0.05, 0) is 68.1 Å². The van der Waals surface area contributed by atoms with Crippen molar-refractivity contribution in [3.05, 3.63) is 100.0 Å². The van der Waals surface area contributed by atoms with Gasteiger partial charge in [0.2, 0.25) is 12.7 Å². The molecule has 3 heterocycles. The largest absolute Gasteiger partial charge is 0.454 e. The first-order valence-electron chi connectivity index (χ1n) is 12.1. The summed E-state index contributed by atoms with van der Waals surface area (Å²) in [7, 11) is 1.63. The highest BCUT2D eigenvalue weighted by atomic mass is 19.1. The van der Waals surface area contributed by atoms with Crippen LogP contribution in [0.4, 0.5) is 10.2 Å². The average Bonchev–Trinajstić information content (AvgIpc) is 3.43. The first-order chi connectivity index (χ1) is 18.8. The second kappa shape index (κ2) is 10.8. The van der Waals surface area contributed by atoms with Gasteiger partial charge in [-0.3, -0.25) is 23.9 Å². The Morgan fingerprint density at radius 3 is 2.56 bits per heavy atom. The summed E-state index contributed by atoms with van der Waals surface area (Å²) in [5, 5.41) is 5.39. The van der Waals surface area contributed by atoms with Gasteiger partial charge in [-0.15, -0.1) is 0 Å². The third kappa shape index (κ3) is 5.39. The van der Waals surface area contributed by atoms with E-state index in [4.69, 9.17) is 9.47 Å². The van der Waals surface area contributed by atoms with Crippen LogP contribution in [-0.4, -0.2) is 46.1 Å². The van der Waals surface area contributed by atoms with Gasteiger partial charge in [-0.25, -0.2) is 9.37 Å². The number of nitrogens with one attached hydrogen (secondary N) is 2. The van der Waals surface area contributed by atoms with Crippen LogP contribution in [0, 0.1) is 5.82 Å². The standard InChI is InChI=1S/C28H24FN5O5/c1-16(30-2)27(36)33-26-28(37)34(22(13-32-26)19-5-8-23-24(10-19)39-15-38-23)14-17-9-20(12-31-11-17)25(35)18-3-6-21(29)7-4-18/h3-13,16,30H,14-15H2,1-2H3,(H,32,33,36)/t16-/m0/s1. The molecule has 0 fully saturated rings. The third-order valence-electron chi connectivity index (χ3n) is 6.29. The molecule has 0 aliphatic carbocycles. The van der Waals surface area contributed by atoms with Gasteiger partial charge >= 0.3 is 0 Å². The van der Waals surface area contributed by atoms with E-state index in [1.165, 1.54) is 41.2 Å². The Morgan fingerprint density at radius 1 is 1.03 bits per heavy atom. The number of pyridine rings is 1. The summed E-state index contributed by atoms with van der Waals surface area (Å²) in [4.78, 5) is 47.5. The van der Waals surface area contributed by atoms with E-state index < -0.39 is 23.3 Å². The second-order valence-electron chi connectivity index (χ2n) is 8.87. The Morgan fingerprint density at radius 2 is 1.79 bits per heavy atom. The average molecular weight is 530 g/mol. The van der Waals surface area contributed by atoms with Gasteiger partial charge in [0.05, 0.1) is 24.5 Å². The number of fused-ring (bicyclic) bond motifs is 1. The molecule has 2 N–H and O–H groups in total. The third-order valence-corrected chi connectivity index (χ3v) is 6.29. The van der Waals surface area contributed by atoms with Gasteiger partial charge in [0.25, 0.3) is 5.56 Å². The van der Waals surface area contributed by atoms with E-state index in [2.05, 4.69) is 20.6 Å². The monoisotopic (exact) mass is 529 g/mol. The number of carbonyl (C=O) groups excluding carboxylic acids is 2. The van der Waals surface area contributed by atoms with E-state index in [1.807, 2.05) is 0 Å². The van der Waals surface area contributed by atoms with Crippen LogP contribution in [0.15, 0.2) is 71.9 Å². The first-order valence-corrected chi connectivity index (χ1v) is 12.1. The lowest BCUT2D eigenvalue weighted by Gasteiger charge is -2.16. The van der Waals surface area contributed by atoms with Crippen molar-refractivity contribution in [2.45, 2.75) is 19.5 Å². The van der Waals surface area contributed by atoms with Crippen molar-refractivity contribution < 1.29 is 23.5 Å². The van der Waals surface area contributed by atoms with Gasteiger partial charge in [-0.2, -0.15) is 0 Å². The Balaban J connectivity index is 1.54. The lowest BCUT2D eigenvalue weighted by Crippen LogP contribution is -2.38. The predicted molar refractivity (Wildman–Crippen MR) is 140 cm³/mol. The fourth-order valence-corrected chi connectivity index (χ4v) is 4.02. The molecule has 10 nitrogen and oxygen atoms in total. The van der Waals surface area contributed by atoms with E-state index in [0.29, 0.717) is 33.9 Å². The van der Waals surface area contributed by atoms with Crippen LogP contribution in [0.2, 0.25) is 0 Å². The van der Waals surface area contributed by atoms with Crippen LogP contribution in [0.5, 0.6) is 11.5 Å². The van der Waals surface area contributed by atoms with E-state index >= 15 is 0 Å². The Hall–Kier alpha value is -4.90. The summed E-state index contributed by atoms with van der Waals surface area (Å²) in [5.41, 5.74) is 1.68. The van der Waals surface area contributed by atoms with E-state index in [9.17, 15) is 18.8 Å². The summed E-state index contributed by atoms with van der Waals surface area (Å²) >= 11 is 0. The summed E-state index contributed by atoms with van der Waals surface area (Å²) < 4.78 is 25.6. The zero-order chi connectivity index (χ0) is 27.5. The highest BCUT2D eigenvalue weighted by Gasteiger charge is 2.20. The van der Waals surface area contributed by atoms with Crippen molar-refractivity contribution in [2.75, 3.05) is 19.2 Å². The molecule has 4 aromatic rings. The molecule has 11 heteroatoms. The number of hydrogen-bond acceptors (Lipinski definition) is 8. The van der Waals surface area contributed by atoms with Crippen LogP contribution < -0.4 is 25.7 Å². The predicted octanol–water partition coefficient (Wildman–Crippen LogP) is 3.00. The zero-order valence-corrected chi connectivity index (χ0v) is 21.1. The quantitative estimate of drug-likeness (QED) is 0.334. The number of hydrogen-bond donors (Lipinski definition) is 2. The number of nitrogens with zero attached hydrogens (tertiary/aromatic N) is 3. The van der Waals surface area contributed by atoms with Crippen LogP contribution >= 0.6 is 0 Å². The lowest BCUT2D eigenvalue weighted by molar-refractivity contribution is -0.117. The van der Waals surface area contributed by atoms with Crippen molar-refractivity contribution in [3.8, 4) is 22.8 Å². The summed E-state index contributed by atoms with van der Waals surface area (Å²) in [6.45, 7) is 1.77. The number of rotatable bonds is 8. The van der Waals surface area contributed by atoms with E-state index in [1.54, 1.807) is 44.4 Å². The highest BCUT2D eigenvalue weighted by molar-refractivity contribution is 6.08. The molecule has 0 spiro atoms. The number of carbonyl (C=O) groups is 2. The van der Waals surface area contributed by atoms with Crippen molar-refractivity contribution >= 4 is 17.5 Å². The fraction of sp³-hybridized carbons (Fsp3) is 0.179. The SMILES string of the molecule is CN[C@@H](C)C(=O)Nc1ncc(-c2ccc3c(c2)OCO3)n(Cc2cncc(C(=O)c3ccc(F)cc3)c2)c1=O. The Kier molecular flexibility index (Phi) is 7.15. The Labute approximate surface area is 222 Å². The van der Waals surface area contributed by atoms with Crippen molar-refractivity contribution in [3.63, 3.8) is 0 Å². The number of likely N-dealkylation sites (N-methyl/N-ethyl adjacent to an activating group) is 1. The van der Waals surface area contributed by atoms with Crippen LogP contribution in [0.3, 0.4) is 0 Å². The second-order valence-corrected chi connectivity index (χ2v) is 8.87. The molecule has 1 atom stereocenters. The van der Waals surface area contributed by atoms with Gasteiger partial charge < -0.3 is 20.1 Å². The molecular weight excluding hydrogens is 505 g/mol. The van der Waals surface area contributed by atoms with Gasteiger partial charge in [-0.1, -0.05) is 0 Å². The number of benzene rings is 2. The maximum absolute atomic E-state index is 13.6. The van der Waals surface area contributed by atoms with Gasteiger partial charge in [0.1, 0.15) is 5.82 Å². The molecule has 2 aromatic carbocycles. The molecule has 1 amide bonds. The normalized spacial score (nSPS) is 12.7.